The second kappa shape index (κ2) is 7.46. The van der Waals surface area contributed by atoms with Crippen molar-refractivity contribution in [3.63, 3.8) is 0 Å². The number of carbonyl (C=O) groups excluding carboxylic acids is 1. The molecule has 1 saturated carbocycles. The van der Waals surface area contributed by atoms with E-state index < -0.39 is 0 Å². The molecule has 1 amide bonds. The minimum Gasteiger partial charge on any atom is -0.484 e. The molecule has 2 rings (SSSR count). The number of ether oxygens (including phenoxy) is 1. The smallest absolute Gasteiger partial charge is 0.260 e. The lowest BCUT2D eigenvalue weighted by atomic mass is 10.1. The van der Waals surface area contributed by atoms with Gasteiger partial charge in [-0.2, -0.15) is 0 Å². The number of carbonyl (C=O) groups is 1. The Hall–Kier alpha value is -1.55. The van der Waals surface area contributed by atoms with Crippen LogP contribution in [0.15, 0.2) is 24.3 Å². The van der Waals surface area contributed by atoms with Crippen molar-refractivity contribution in [1.29, 1.82) is 0 Å². The first-order chi connectivity index (χ1) is 10.2. The molecule has 0 aromatic heterocycles. The zero-order valence-electron chi connectivity index (χ0n) is 13.3. The number of nitrogens with one attached hydrogen (secondary N) is 1. The van der Waals surface area contributed by atoms with Gasteiger partial charge in [0.1, 0.15) is 5.75 Å². The Labute approximate surface area is 127 Å². The summed E-state index contributed by atoms with van der Waals surface area (Å²) in [5.41, 5.74) is 1.18. The lowest BCUT2D eigenvalue weighted by molar-refractivity contribution is -0.133. The van der Waals surface area contributed by atoms with Crippen molar-refractivity contribution in [3.8, 4) is 5.75 Å². The van der Waals surface area contributed by atoms with Crippen LogP contribution < -0.4 is 10.1 Å². The van der Waals surface area contributed by atoms with Crippen molar-refractivity contribution in [2.75, 3.05) is 19.7 Å². The minimum absolute atomic E-state index is 0.0881. The lowest BCUT2D eigenvalue weighted by Gasteiger charge is -2.20. The topological polar surface area (TPSA) is 41.6 Å². The molecule has 4 nitrogen and oxygen atoms in total. The molecule has 1 atom stereocenters. The normalized spacial score (nSPS) is 15.6. The monoisotopic (exact) mass is 290 g/mol. The Bertz CT molecular complexity index is 472. The summed E-state index contributed by atoms with van der Waals surface area (Å²) in [6.07, 6.45) is 2.27. The van der Waals surface area contributed by atoms with Crippen LogP contribution in [0.25, 0.3) is 0 Å². The van der Waals surface area contributed by atoms with E-state index in [1.807, 2.05) is 30.0 Å². The summed E-state index contributed by atoms with van der Waals surface area (Å²) in [5.74, 6) is 0.850. The molecule has 0 spiro atoms. The van der Waals surface area contributed by atoms with Gasteiger partial charge in [-0.1, -0.05) is 19.1 Å². The number of benzene rings is 1. The van der Waals surface area contributed by atoms with Crippen LogP contribution >= 0.6 is 0 Å². The minimum atomic E-state index is 0.0881. The molecule has 1 aliphatic carbocycles. The molecular formula is C17H26N2O2. The number of hydrogen-bond donors (Lipinski definition) is 1. The standard InChI is InChI=1S/C17H26N2O2/c1-4-18-13(3)14-7-6-8-16(11-14)21-12-17(20)19(5-2)15-9-10-15/h6-8,11,13,15,18H,4-5,9-10,12H2,1-3H3. The van der Waals surface area contributed by atoms with Crippen LogP contribution in [0, 0.1) is 0 Å². The van der Waals surface area contributed by atoms with Crippen LogP contribution in [0.5, 0.6) is 5.75 Å². The van der Waals surface area contributed by atoms with Crippen molar-refractivity contribution in [3.05, 3.63) is 29.8 Å². The third kappa shape index (κ3) is 4.46. The molecule has 0 heterocycles. The molecule has 0 bridgehead atoms. The molecule has 116 valence electrons. The molecule has 1 fully saturated rings. The summed E-state index contributed by atoms with van der Waals surface area (Å²) in [5, 5.41) is 3.37. The van der Waals surface area contributed by atoms with E-state index >= 15 is 0 Å². The van der Waals surface area contributed by atoms with Gasteiger partial charge in [0, 0.05) is 18.6 Å². The van der Waals surface area contributed by atoms with Crippen LogP contribution in [0.4, 0.5) is 0 Å². The summed E-state index contributed by atoms with van der Waals surface area (Å²) in [4.78, 5) is 14.1. The average Bonchev–Trinajstić information content (AvgIpc) is 3.31. The van der Waals surface area contributed by atoms with Gasteiger partial charge < -0.3 is 15.0 Å². The molecule has 0 saturated heterocycles. The molecule has 1 aromatic carbocycles. The van der Waals surface area contributed by atoms with E-state index in [0.29, 0.717) is 6.04 Å². The summed E-state index contributed by atoms with van der Waals surface area (Å²) in [7, 11) is 0. The molecule has 1 aliphatic rings. The van der Waals surface area contributed by atoms with E-state index in [1.54, 1.807) is 0 Å². The summed E-state index contributed by atoms with van der Waals surface area (Å²) < 4.78 is 5.68. The van der Waals surface area contributed by atoms with Gasteiger partial charge in [0.05, 0.1) is 0 Å². The Balaban J connectivity index is 1.90. The zero-order chi connectivity index (χ0) is 15.2. The van der Waals surface area contributed by atoms with Crippen LogP contribution in [-0.2, 0) is 4.79 Å². The number of likely N-dealkylation sites (N-methyl/N-ethyl adjacent to an activating group) is 1. The fourth-order valence-electron chi connectivity index (χ4n) is 2.55. The van der Waals surface area contributed by atoms with Crippen molar-refractivity contribution < 1.29 is 9.53 Å². The predicted molar refractivity (Wildman–Crippen MR) is 84.4 cm³/mol. The number of rotatable bonds is 8. The van der Waals surface area contributed by atoms with Crippen molar-refractivity contribution in [1.82, 2.24) is 10.2 Å². The van der Waals surface area contributed by atoms with Crippen LogP contribution in [0.2, 0.25) is 0 Å². The van der Waals surface area contributed by atoms with Crippen molar-refractivity contribution >= 4 is 5.91 Å². The first kappa shape index (κ1) is 15.8. The van der Waals surface area contributed by atoms with Gasteiger partial charge in [0.2, 0.25) is 0 Å². The Morgan fingerprint density at radius 2 is 2.19 bits per heavy atom. The highest BCUT2D eigenvalue weighted by atomic mass is 16.5. The SMILES string of the molecule is CCNC(C)c1cccc(OCC(=O)N(CC)C2CC2)c1. The maximum absolute atomic E-state index is 12.1. The largest absolute Gasteiger partial charge is 0.484 e. The molecule has 1 aromatic rings. The van der Waals surface area contributed by atoms with Gasteiger partial charge in [0.25, 0.3) is 5.91 Å². The maximum atomic E-state index is 12.1. The van der Waals surface area contributed by atoms with E-state index in [9.17, 15) is 4.79 Å². The number of hydrogen-bond acceptors (Lipinski definition) is 3. The van der Waals surface area contributed by atoms with Gasteiger partial charge >= 0.3 is 0 Å². The van der Waals surface area contributed by atoms with E-state index in [0.717, 1.165) is 31.7 Å². The quantitative estimate of drug-likeness (QED) is 0.800. The predicted octanol–water partition coefficient (Wildman–Crippen LogP) is 2.75. The number of amides is 1. The first-order valence-electron chi connectivity index (χ1n) is 7.91. The fourth-order valence-corrected chi connectivity index (χ4v) is 2.55. The highest BCUT2D eigenvalue weighted by Crippen LogP contribution is 2.26. The third-order valence-corrected chi connectivity index (χ3v) is 3.88. The molecular weight excluding hydrogens is 264 g/mol. The van der Waals surface area contributed by atoms with Crippen molar-refractivity contribution in [2.24, 2.45) is 0 Å². The van der Waals surface area contributed by atoms with Gasteiger partial charge in [-0.15, -0.1) is 0 Å². The molecule has 0 aliphatic heterocycles. The van der Waals surface area contributed by atoms with E-state index in [1.165, 1.54) is 5.56 Å². The van der Waals surface area contributed by atoms with Gasteiger partial charge in [-0.25, -0.2) is 0 Å². The Morgan fingerprint density at radius 3 is 2.81 bits per heavy atom. The average molecular weight is 290 g/mol. The molecule has 1 unspecified atom stereocenters. The maximum Gasteiger partial charge on any atom is 0.260 e. The van der Waals surface area contributed by atoms with Gasteiger partial charge in [-0.05, 0) is 50.9 Å². The highest BCUT2D eigenvalue weighted by Gasteiger charge is 2.31. The summed E-state index contributed by atoms with van der Waals surface area (Å²) in [6, 6.07) is 8.70. The highest BCUT2D eigenvalue weighted by molar-refractivity contribution is 5.78. The van der Waals surface area contributed by atoms with E-state index in [2.05, 4.69) is 25.2 Å². The first-order valence-corrected chi connectivity index (χ1v) is 7.91. The number of nitrogens with zero attached hydrogens (tertiary/aromatic N) is 1. The lowest BCUT2D eigenvalue weighted by Crippen LogP contribution is -2.36. The molecule has 21 heavy (non-hydrogen) atoms. The summed E-state index contributed by atoms with van der Waals surface area (Å²) >= 11 is 0. The van der Waals surface area contributed by atoms with Crippen LogP contribution in [-0.4, -0.2) is 36.5 Å². The zero-order valence-corrected chi connectivity index (χ0v) is 13.3. The van der Waals surface area contributed by atoms with Crippen LogP contribution in [0.1, 0.15) is 45.2 Å². The second-order valence-corrected chi connectivity index (χ2v) is 5.55. The van der Waals surface area contributed by atoms with Crippen LogP contribution in [0.3, 0.4) is 0 Å². The fraction of sp³-hybridized carbons (Fsp3) is 0.588. The third-order valence-electron chi connectivity index (χ3n) is 3.88. The van der Waals surface area contributed by atoms with Gasteiger partial charge in [-0.3, -0.25) is 4.79 Å². The van der Waals surface area contributed by atoms with Crippen molar-refractivity contribution in [2.45, 2.75) is 45.7 Å². The molecule has 1 N–H and O–H groups in total. The Kier molecular flexibility index (Phi) is 5.62. The summed E-state index contributed by atoms with van der Waals surface area (Å²) in [6.45, 7) is 8.06. The van der Waals surface area contributed by atoms with E-state index in [-0.39, 0.29) is 18.6 Å². The molecule has 4 heteroatoms. The second-order valence-electron chi connectivity index (χ2n) is 5.55. The van der Waals surface area contributed by atoms with Gasteiger partial charge in [0.15, 0.2) is 6.61 Å². The Morgan fingerprint density at radius 1 is 1.43 bits per heavy atom. The van der Waals surface area contributed by atoms with E-state index in [4.69, 9.17) is 4.74 Å². The molecule has 0 radical (unpaired) electrons.